The lowest BCUT2D eigenvalue weighted by atomic mass is 10.0. The molecule has 3 aromatic heterocycles. The number of aromatic nitrogens is 3. The number of rotatable bonds is 9. The van der Waals surface area contributed by atoms with Crippen molar-refractivity contribution >= 4 is 11.4 Å². The zero-order chi connectivity index (χ0) is 25.2. The monoisotopic (exact) mass is 469 g/mol. The van der Waals surface area contributed by atoms with Gasteiger partial charge >= 0.3 is 0 Å². The first kappa shape index (κ1) is 25.3. The predicted octanol–water partition coefficient (Wildman–Crippen LogP) is 6.49. The molecule has 0 radical (unpaired) electrons. The molecular weight excluding hydrogens is 441 g/mol. The Kier molecular flexibility index (Phi) is 8.85. The van der Waals surface area contributed by atoms with Crippen molar-refractivity contribution in [3.05, 3.63) is 95.5 Å². The molecule has 7 heteroatoms. The lowest BCUT2D eigenvalue weighted by Crippen LogP contribution is -2.06. The minimum absolute atomic E-state index is 0.0998. The van der Waals surface area contributed by atoms with Crippen molar-refractivity contribution in [2.24, 2.45) is 0 Å². The van der Waals surface area contributed by atoms with E-state index in [1.165, 1.54) is 13.3 Å². The number of anilines is 1. The SMILES string of the molecule is C\C=C/C(=C\C(C)=C\CC)c1ncc(CNc2nccc(-c3cncc(OC)c3)c2F)cc1C#N. The second-order valence-corrected chi connectivity index (χ2v) is 7.80. The molecule has 6 nitrogen and oxygen atoms in total. The van der Waals surface area contributed by atoms with Crippen LogP contribution < -0.4 is 10.1 Å². The Bertz CT molecular complexity index is 1320. The number of nitrogens with one attached hydrogen (secondary N) is 1. The third-order valence-electron chi connectivity index (χ3n) is 5.20. The van der Waals surface area contributed by atoms with Crippen LogP contribution in [0.2, 0.25) is 0 Å². The third-order valence-corrected chi connectivity index (χ3v) is 5.20. The molecule has 0 fully saturated rings. The van der Waals surface area contributed by atoms with Crippen LogP contribution in [0.1, 0.15) is 44.0 Å². The van der Waals surface area contributed by atoms with E-state index in [0.29, 0.717) is 28.1 Å². The maximum Gasteiger partial charge on any atom is 0.173 e. The van der Waals surface area contributed by atoms with Crippen molar-refractivity contribution < 1.29 is 9.13 Å². The summed E-state index contributed by atoms with van der Waals surface area (Å²) in [6, 6.07) is 7.30. The molecule has 3 aromatic rings. The van der Waals surface area contributed by atoms with Gasteiger partial charge in [0.25, 0.3) is 0 Å². The standard InChI is InChI=1S/C28H28FN5O/c1-5-7-19(3)11-21(8-6-2)27-22(14-30)12-20(15-33-27)16-34-28-26(29)25(9-10-32-28)23-13-24(35-4)18-31-17-23/h6-13,15,17-18H,5,16H2,1-4H3,(H,32,34)/b8-6-,19-7+,21-11+. The summed E-state index contributed by atoms with van der Waals surface area (Å²) < 4.78 is 20.4. The molecule has 0 aromatic carbocycles. The average molecular weight is 470 g/mol. The molecule has 1 N–H and O–H groups in total. The Morgan fingerprint density at radius 2 is 2.06 bits per heavy atom. The van der Waals surface area contributed by atoms with Gasteiger partial charge in [-0.25, -0.2) is 9.37 Å². The van der Waals surface area contributed by atoms with Crippen molar-refractivity contribution in [2.75, 3.05) is 12.4 Å². The number of ether oxygens (including phenoxy) is 1. The zero-order valence-corrected chi connectivity index (χ0v) is 20.3. The lowest BCUT2D eigenvalue weighted by Gasteiger charge is -2.12. The normalized spacial score (nSPS) is 12.0. The number of nitrogens with zero attached hydrogens (tertiary/aromatic N) is 4. The van der Waals surface area contributed by atoms with Crippen LogP contribution in [0.4, 0.5) is 10.2 Å². The zero-order valence-electron chi connectivity index (χ0n) is 20.3. The van der Waals surface area contributed by atoms with Gasteiger partial charge in [0.05, 0.1) is 24.6 Å². The fraction of sp³-hybridized carbons (Fsp3) is 0.214. The summed E-state index contributed by atoms with van der Waals surface area (Å²) in [6.07, 6.45) is 15.3. The van der Waals surface area contributed by atoms with Crippen molar-refractivity contribution in [1.82, 2.24) is 15.0 Å². The minimum atomic E-state index is -0.496. The number of pyridine rings is 3. The van der Waals surface area contributed by atoms with Crippen LogP contribution in [0.25, 0.3) is 16.7 Å². The van der Waals surface area contributed by atoms with Gasteiger partial charge in [-0.1, -0.05) is 36.8 Å². The molecule has 178 valence electrons. The van der Waals surface area contributed by atoms with E-state index >= 15 is 4.39 Å². The Balaban J connectivity index is 1.86. The largest absolute Gasteiger partial charge is 0.495 e. The Labute approximate surface area is 205 Å². The van der Waals surface area contributed by atoms with E-state index in [0.717, 1.165) is 23.1 Å². The third kappa shape index (κ3) is 6.39. The topological polar surface area (TPSA) is 83.7 Å². The number of hydrogen-bond acceptors (Lipinski definition) is 6. The number of halogens is 1. The van der Waals surface area contributed by atoms with E-state index < -0.39 is 5.82 Å². The van der Waals surface area contributed by atoms with Crippen LogP contribution in [0.15, 0.2) is 72.9 Å². The van der Waals surface area contributed by atoms with Gasteiger partial charge in [-0.05, 0) is 44.0 Å². The first-order valence-corrected chi connectivity index (χ1v) is 11.3. The first-order chi connectivity index (χ1) is 17.0. The predicted molar refractivity (Wildman–Crippen MR) is 137 cm³/mol. The number of nitriles is 1. The van der Waals surface area contributed by atoms with Crippen LogP contribution in [0, 0.1) is 17.1 Å². The molecule has 0 unspecified atom stereocenters. The molecule has 0 aliphatic rings. The molecule has 0 atom stereocenters. The maximum absolute atomic E-state index is 15.2. The second kappa shape index (κ2) is 12.2. The highest BCUT2D eigenvalue weighted by atomic mass is 19.1. The van der Waals surface area contributed by atoms with Gasteiger partial charge in [-0.3, -0.25) is 9.97 Å². The summed E-state index contributed by atoms with van der Waals surface area (Å²) in [5, 5.41) is 12.8. The molecule has 3 rings (SSSR count). The fourth-order valence-corrected chi connectivity index (χ4v) is 3.57. The van der Waals surface area contributed by atoms with Crippen LogP contribution in [0.3, 0.4) is 0 Å². The van der Waals surface area contributed by atoms with Crippen LogP contribution in [-0.2, 0) is 6.54 Å². The highest BCUT2D eigenvalue weighted by Crippen LogP contribution is 2.28. The van der Waals surface area contributed by atoms with Gasteiger partial charge in [0.1, 0.15) is 11.8 Å². The van der Waals surface area contributed by atoms with Gasteiger partial charge in [-0.15, -0.1) is 0 Å². The first-order valence-electron chi connectivity index (χ1n) is 11.3. The quantitative estimate of drug-likeness (QED) is 0.361. The van der Waals surface area contributed by atoms with E-state index in [1.807, 2.05) is 32.1 Å². The van der Waals surface area contributed by atoms with Crippen molar-refractivity contribution in [3.8, 4) is 22.9 Å². The molecule has 35 heavy (non-hydrogen) atoms. The maximum atomic E-state index is 15.2. The average Bonchev–Trinajstić information content (AvgIpc) is 2.88. The van der Waals surface area contributed by atoms with E-state index in [2.05, 4.69) is 39.3 Å². The fourth-order valence-electron chi connectivity index (χ4n) is 3.57. The van der Waals surface area contributed by atoms with E-state index in [9.17, 15) is 5.26 Å². The number of allylic oxidation sites excluding steroid dienone is 6. The summed E-state index contributed by atoms with van der Waals surface area (Å²) in [5.74, 6) is 0.141. The Morgan fingerprint density at radius 1 is 1.23 bits per heavy atom. The molecule has 0 saturated carbocycles. The Morgan fingerprint density at radius 3 is 2.77 bits per heavy atom. The molecule has 0 aliphatic heterocycles. The summed E-state index contributed by atoms with van der Waals surface area (Å²) >= 11 is 0. The van der Waals surface area contributed by atoms with Crippen LogP contribution in [0.5, 0.6) is 5.75 Å². The van der Waals surface area contributed by atoms with E-state index in [-0.39, 0.29) is 12.4 Å². The summed E-state index contributed by atoms with van der Waals surface area (Å²) in [4.78, 5) is 12.8. The molecule has 0 amide bonds. The second-order valence-electron chi connectivity index (χ2n) is 7.80. The molecule has 0 aliphatic carbocycles. The van der Waals surface area contributed by atoms with E-state index in [1.54, 1.807) is 36.8 Å². The molecule has 0 bridgehead atoms. The van der Waals surface area contributed by atoms with Gasteiger partial charge in [0.2, 0.25) is 0 Å². The number of methoxy groups -OCH3 is 1. The van der Waals surface area contributed by atoms with Crippen LogP contribution >= 0.6 is 0 Å². The minimum Gasteiger partial charge on any atom is -0.495 e. The van der Waals surface area contributed by atoms with Crippen LogP contribution in [-0.4, -0.2) is 22.1 Å². The summed E-state index contributed by atoms with van der Waals surface area (Å²) in [5.41, 5.74) is 4.69. The van der Waals surface area contributed by atoms with Gasteiger partial charge in [0.15, 0.2) is 11.6 Å². The summed E-state index contributed by atoms with van der Waals surface area (Å²) in [7, 11) is 1.53. The van der Waals surface area contributed by atoms with E-state index in [4.69, 9.17) is 4.74 Å². The van der Waals surface area contributed by atoms with Crippen molar-refractivity contribution in [3.63, 3.8) is 0 Å². The van der Waals surface area contributed by atoms with Crippen molar-refractivity contribution in [1.29, 1.82) is 5.26 Å². The molecule has 3 heterocycles. The Hall–Kier alpha value is -4.31. The lowest BCUT2D eigenvalue weighted by molar-refractivity contribution is 0.413. The molecular formula is C28H28FN5O. The van der Waals surface area contributed by atoms with Crippen molar-refractivity contribution in [2.45, 2.75) is 33.7 Å². The molecule has 0 spiro atoms. The highest BCUT2D eigenvalue weighted by molar-refractivity contribution is 5.77. The van der Waals surface area contributed by atoms with Gasteiger partial charge in [-0.2, -0.15) is 5.26 Å². The highest BCUT2D eigenvalue weighted by Gasteiger charge is 2.14. The smallest absolute Gasteiger partial charge is 0.173 e. The van der Waals surface area contributed by atoms with Gasteiger partial charge < -0.3 is 10.1 Å². The van der Waals surface area contributed by atoms with Gasteiger partial charge in [0, 0.05) is 41.8 Å². The molecule has 0 saturated heterocycles. The summed E-state index contributed by atoms with van der Waals surface area (Å²) in [6.45, 7) is 6.28. The number of hydrogen-bond donors (Lipinski definition) is 1.